The summed E-state index contributed by atoms with van der Waals surface area (Å²) in [6.45, 7) is 0. The first-order valence-electron chi connectivity index (χ1n) is 4.09. The van der Waals surface area contributed by atoms with Crippen molar-refractivity contribution in [3.63, 3.8) is 0 Å². The van der Waals surface area contributed by atoms with Gasteiger partial charge in [0.2, 0.25) is 5.95 Å². The second-order valence-corrected chi connectivity index (χ2v) is 4.39. The lowest BCUT2D eigenvalue weighted by Gasteiger charge is -2.00. The Hall–Kier alpha value is -1.27. The van der Waals surface area contributed by atoms with Gasteiger partial charge < -0.3 is 0 Å². The maximum absolute atomic E-state index is 11.7. The Morgan fingerprint density at radius 3 is 2.73 bits per heavy atom. The van der Waals surface area contributed by atoms with Gasteiger partial charge in [-0.2, -0.15) is 0 Å². The van der Waals surface area contributed by atoms with Gasteiger partial charge in [0, 0.05) is 16.9 Å². The molecule has 0 aliphatic heterocycles. The van der Waals surface area contributed by atoms with Crippen LogP contribution < -0.4 is 5.32 Å². The lowest BCUT2D eigenvalue weighted by Crippen LogP contribution is -2.12. The molecule has 4 nitrogen and oxygen atoms in total. The fourth-order valence-electron chi connectivity index (χ4n) is 0.978. The summed E-state index contributed by atoms with van der Waals surface area (Å²) >= 11 is 4.65. The number of anilines is 1. The van der Waals surface area contributed by atoms with Crippen LogP contribution in [0.15, 0.2) is 34.4 Å². The first kappa shape index (κ1) is 10.3. The lowest BCUT2D eigenvalue weighted by atomic mass is 10.4. The summed E-state index contributed by atoms with van der Waals surface area (Å²) in [5, 5.41) is 4.44. The number of hydrogen-bond acceptors (Lipinski definition) is 4. The average molecular weight is 284 g/mol. The van der Waals surface area contributed by atoms with E-state index < -0.39 is 0 Å². The number of hydrogen-bond donors (Lipinski definition) is 1. The van der Waals surface area contributed by atoms with E-state index in [1.807, 2.05) is 11.4 Å². The van der Waals surface area contributed by atoms with E-state index in [-0.39, 0.29) is 5.91 Å². The molecule has 1 amide bonds. The van der Waals surface area contributed by atoms with E-state index in [9.17, 15) is 4.79 Å². The fourth-order valence-corrected chi connectivity index (χ4v) is 2.42. The predicted octanol–water partition coefficient (Wildman–Crippen LogP) is 2.55. The Balaban J connectivity index is 2.15. The molecule has 0 aliphatic rings. The van der Waals surface area contributed by atoms with Gasteiger partial charge in [0.15, 0.2) is 0 Å². The van der Waals surface area contributed by atoms with Crippen molar-refractivity contribution in [3.8, 4) is 0 Å². The monoisotopic (exact) mass is 283 g/mol. The molecule has 0 aromatic carbocycles. The van der Waals surface area contributed by atoms with Crippen LogP contribution in [0.25, 0.3) is 0 Å². The van der Waals surface area contributed by atoms with Crippen LogP contribution in [-0.4, -0.2) is 15.9 Å². The Morgan fingerprint density at radius 1 is 1.40 bits per heavy atom. The van der Waals surface area contributed by atoms with Gasteiger partial charge in [-0.1, -0.05) is 0 Å². The molecule has 0 spiro atoms. The lowest BCUT2D eigenvalue weighted by molar-refractivity contribution is 0.102. The molecular formula is C9H6BrN3OS. The summed E-state index contributed by atoms with van der Waals surface area (Å²) < 4.78 is 0.779. The topological polar surface area (TPSA) is 54.9 Å². The number of nitrogens with zero attached hydrogens (tertiary/aromatic N) is 2. The normalized spacial score (nSPS) is 9.93. The number of halogens is 1. The Morgan fingerprint density at radius 2 is 2.13 bits per heavy atom. The standard InChI is InChI=1S/C9H6BrN3OS/c10-6-2-5-15-7(6)8(14)13-9-11-3-1-4-12-9/h1-5H,(H,11,12,13,14). The van der Waals surface area contributed by atoms with E-state index in [1.165, 1.54) is 11.3 Å². The van der Waals surface area contributed by atoms with Crippen molar-refractivity contribution in [2.24, 2.45) is 0 Å². The minimum absolute atomic E-state index is 0.205. The molecule has 0 radical (unpaired) electrons. The summed E-state index contributed by atoms with van der Waals surface area (Å²) in [6, 6.07) is 3.52. The SMILES string of the molecule is O=C(Nc1ncccn1)c1sccc1Br. The van der Waals surface area contributed by atoms with Crippen molar-refractivity contribution < 1.29 is 4.79 Å². The van der Waals surface area contributed by atoms with Crippen molar-refractivity contribution in [1.82, 2.24) is 9.97 Å². The highest BCUT2D eigenvalue weighted by molar-refractivity contribution is 9.10. The molecular weight excluding hydrogens is 278 g/mol. The molecule has 2 aromatic heterocycles. The Kier molecular flexibility index (Phi) is 3.08. The zero-order valence-corrected chi connectivity index (χ0v) is 9.88. The predicted molar refractivity (Wildman–Crippen MR) is 62.0 cm³/mol. The van der Waals surface area contributed by atoms with Crippen LogP contribution >= 0.6 is 27.3 Å². The third-order valence-corrected chi connectivity index (χ3v) is 3.45. The molecule has 6 heteroatoms. The minimum atomic E-state index is -0.205. The van der Waals surface area contributed by atoms with Gasteiger partial charge in [-0.05, 0) is 33.4 Å². The number of carbonyl (C=O) groups excluding carboxylic acids is 1. The van der Waals surface area contributed by atoms with Crippen molar-refractivity contribution in [1.29, 1.82) is 0 Å². The van der Waals surface area contributed by atoms with Gasteiger partial charge in [0.05, 0.1) is 0 Å². The largest absolute Gasteiger partial charge is 0.290 e. The summed E-state index contributed by atoms with van der Waals surface area (Å²) in [5.74, 6) is 0.103. The van der Waals surface area contributed by atoms with E-state index in [0.717, 1.165) is 4.47 Å². The summed E-state index contributed by atoms with van der Waals surface area (Å²) in [7, 11) is 0. The number of aromatic nitrogens is 2. The molecule has 2 rings (SSSR count). The third kappa shape index (κ3) is 2.40. The van der Waals surface area contributed by atoms with E-state index in [4.69, 9.17) is 0 Å². The second-order valence-electron chi connectivity index (χ2n) is 2.62. The summed E-state index contributed by atoms with van der Waals surface area (Å²) in [6.07, 6.45) is 3.15. The van der Waals surface area contributed by atoms with Gasteiger partial charge in [0.25, 0.3) is 5.91 Å². The first-order chi connectivity index (χ1) is 7.27. The Labute approximate surface area is 98.5 Å². The molecule has 1 N–H and O–H groups in total. The van der Waals surface area contributed by atoms with Crippen molar-refractivity contribution in [2.75, 3.05) is 5.32 Å². The number of rotatable bonds is 2. The zero-order chi connectivity index (χ0) is 10.7. The molecule has 0 fully saturated rings. The van der Waals surface area contributed by atoms with Gasteiger partial charge in [0.1, 0.15) is 4.88 Å². The van der Waals surface area contributed by atoms with Gasteiger partial charge in [-0.15, -0.1) is 11.3 Å². The first-order valence-corrected chi connectivity index (χ1v) is 5.76. The fraction of sp³-hybridized carbons (Fsp3) is 0. The number of carbonyl (C=O) groups is 1. The number of nitrogens with one attached hydrogen (secondary N) is 1. The zero-order valence-electron chi connectivity index (χ0n) is 7.48. The maximum Gasteiger partial charge on any atom is 0.269 e. The average Bonchev–Trinajstić information content (AvgIpc) is 2.66. The quantitative estimate of drug-likeness (QED) is 0.922. The van der Waals surface area contributed by atoms with E-state index in [1.54, 1.807) is 18.5 Å². The van der Waals surface area contributed by atoms with Gasteiger partial charge in [-0.3, -0.25) is 10.1 Å². The minimum Gasteiger partial charge on any atom is -0.290 e. The van der Waals surface area contributed by atoms with E-state index >= 15 is 0 Å². The van der Waals surface area contributed by atoms with Gasteiger partial charge >= 0.3 is 0 Å². The van der Waals surface area contributed by atoms with Crippen molar-refractivity contribution in [3.05, 3.63) is 39.3 Å². The third-order valence-electron chi connectivity index (χ3n) is 1.61. The molecule has 2 heterocycles. The van der Waals surface area contributed by atoms with Crippen molar-refractivity contribution >= 4 is 39.1 Å². The summed E-state index contributed by atoms with van der Waals surface area (Å²) in [5.41, 5.74) is 0. The molecule has 76 valence electrons. The van der Waals surface area contributed by atoms with Crippen LogP contribution in [0.2, 0.25) is 0 Å². The van der Waals surface area contributed by atoms with Crippen LogP contribution in [0.3, 0.4) is 0 Å². The van der Waals surface area contributed by atoms with Crippen LogP contribution in [0.1, 0.15) is 9.67 Å². The van der Waals surface area contributed by atoms with Crippen LogP contribution in [-0.2, 0) is 0 Å². The highest BCUT2D eigenvalue weighted by atomic mass is 79.9. The highest BCUT2D eigenvalue weighted by Gasteiger charge is 2.12. The molecule has 0 saturated heterocycles. The summed E-state index contributed by atoms with van der Waals surface area (Å²) in [4.78, 5) is 20.1. The second kappa shape index (κ2) is 4.50. The molecule has 0 aliphatic carbocycles. The highest BCUT2D eigenvalue weighted by Crippen LogP contribution is 2.22. The molecule has 0 atom stereocenters. The van der Waals surface area contributed by atoms with Crippen LogP contribution in [0.4, 0.5) is 5.95 Å². The molecule has 2 aromatic rings. The van der Waals surface area contributed by atoms with Crippen molar-refractivity contribution in [2.45, 2.75) is 0 Å². The maximum atomic E-state index is 11.7. The molecule has 15 heavy (non-hydrogen) atoms. The van der Waals surface area contributed by atoms with Crippen LogP contribution in [0, 0.1) is 0 Å². The van der Waals surface area contributed by atoms with Crippen LogP contribution in [0.5, 0.6) is 0 Å². The number of amides is 1. The van der Waals surface area contributed by atoms with E-state index in [0.29, 0.717) is 10.8 Å². The Bertz CT molecular complexity index is 471. The number of thiophene rings is 1. The smallest absolute Gasteiger partial charge is 0.269 e. The van der Waals surface area contributed by atoms with E-state index in [2.05, 4.69) is 31.2 Å². The molecule has 0 unspecified atom stereocenters. The molecule has 0 bridgehead atoms. The van der Waals surface area contributed by atoms with Gasteiger partial charge in [-0.25, -0.2) is 9.97 Å². The molecule has 0 saturated carbocycles.